The highest BCUT2D eigenvalue weighted by Crippen LogP contribution is 2.56. The van der Waals surface area contributed by atoms with E-state index in [2.05, 4.69) is 64.1 Å². The van der Waals surface area contributed by atoms with E-state index in [0.29, 0.717) is 30.0 Å². The van der Waals surface area contributed by atoms with E-state index < -0.39 is 0 Å². The lowest BCUT2D eigenvalue weighted by Gasteiger charge is -2.35. The number of carbonyl (C=O) groups excluding carboxylic acids is 1. The van der Waals surface area contributed by atoms with Crippen molar-refractivity contribution in [1.82, 2.24) is 0 Å². The highest BCUT2D eigenvalue weighted by Gasteiger charge is 2.52. The topological polar surface area (TPSA) is 17.1 Å². The van der Waals surface area contributed by atoms with Crippen LogP contribution in [0.3, 0.4) is 0 Å². The van der Waals surface area contributed by atoms with Crippen molar-refractivity contribution in [2.45, 2.75) is 46.5 Å². The van der Waals surface area contributed by atoms with E-state index in [1.54, 1.807) is 0 Å². The number of rotatable bonds is 4. The molecular formula is C20H26O. The van der Waals surface area contributed by atoms with Gasteiger partial charge in [-0.3, -0.25) is 4.79 Å². The van der Waals surface area contributed by atoms with Crippen LogP contribution in [0, 0.1) is 30.1 Å². The Morgan fingerprint density at radius 1 is 1.24 bits per heavy atom. The Labute approximate surface area is 128 Å². The molecule has 1 saturated carbocycles. The van der Waals surface area contributed by atoms with Gasteiger partial charge in [-0.25, -0.2) is 0 Å². The number of aryl methyl sites for hydroxylation is 1. The van der Waals surface area contributed by atoms with Gasteiger partial charge in [0.05, 0.1) is 0 Å². The van der Waals surface area contributed by atoms with Gasteiger partial charge in [0.1, 0.15) is 5.78 Å². The van der Waals surface area contributed by atoms with Gasteiger partial charge < -0.3 is 0 Å². The summed E-state index contributed by atoms with van der Waals surface area (Å²) in [6.07, 6.45) is 6.48. The summed E-state index contributed by atoms with van der Waals surface area (Å²) in [6.45, 7) is 8.84. The average Bonchev–Trinajstić information content (AvgIpc) is 2.97. The maximum atomic E-state index is 12.9. The zero-order valence-electron chi connectivity index (χ0n) is 13.6. The summed E-state index contributed by atoms with van der Waals surface area (Å²) in [5, 5.41) is 0. The van der Waals surface area contributed by atoms with Crippen molar-refractivity contribution in [2.24, 2.45) is 23.2 Å². The Balaban J connectivity index is 1.72. The van der Waals surface area contributed by atoms with Gasteiger partial charge >= 0.3 is 0 Å². The van der Waals surface area contributed by atoms with Gasteiger partial charge in [0.15, 0.2) is 0 Å². The summed E-state index contributed by atoms with van der Waals surface area (Å²) in [5.41, 5.74) is 2.70. The molecule has 2 aliphatic rings. The van der Waals surface area contributed by atoms with Crippen LogP contribution in [-0.2, 0) is 4.79 Å². The molecular weight excluding hydrogens is 256 g/mol. The molecule has 0 aliphatic heterocycles. The lowest BCUT2D eigenvalue weighted by atomic mass is 9.68. The van der Waals surface area contributed by atoms with Crippen LogP contribution >= 0.6 is 0 Å². The fraction of sp³-hybridized carbons (Fsp3) is 0.550. The van der Waals surface area contributed by atoms with Gasteiger partial charge in [0.25, 0.3) is 0 Å². The van der Waals surface area contributed by atoms with Crippen LogP contribution in [0.15, 0.2) is 36.4 Å². The Kier molecular flexibility index (Phi) is 3.55. The highest BCUT2D eigenvalue weighted by atomic mass is 16.1. The molecule has 112 valence electrons. The third kappa shape index (κ3) is 2.47. The first-order chi connectivity index (χ1) is 9.89. The molecule has 2 bridgehead atoms. The van der Waals surface area contributed by atoms with Crippen molar-refractivity contribution in [2.75, 3.05) is 0 Å². The van der Waals surface area contributed by atoms with E-state index in [1.807, 2.05) is 0 Å². The van der Waals surface area contributed by atoms with Crippen molar-refractivity contribution >= 4 is 5.78 Å². The quantitative estimate of drug-likeness (QED) is 0.717. The zero-order chi connectivity index (χ0) is 15.2. The highest BCUT2D eigenvalue weighted by molar-refractivity contribution is 5.84. The molecule has 1 heteroatoms. The van der Waals surface area contributed by atoms with E-state index in [9.17, 15) is 4.79 Å². The van der Waals surface area contributed by atoms with Crippen LogP contribution in [0.25, 0.3) is 0 Å². The zero-order valence-corrected chi connectivity index (χ0v) is 13.6. The molecule has 0 N–H and O–H groups in total. The molecule has 0 aromatic heterocycles. The number of allylic oxidation sites excluding steroid dienone is 2. The van der Waals surface area contributed by atoms with Gasteiger partial charge in [-0.1, -0.05) is 62.8 Å². The minimum Gasteiger partial charge on any atom is -0.299 e. The summed E-state index contributed by atoms with van der Waals surface area (Å²) in [5.74, 6) is 2.09. The monoisotopic (exact) mass is 282 g/mol. The Hall–Kier alpha value is -1.37. The summed E-state index contributed by atoms with van der Waals surface area (Å²) >= 11 is 0. The maximum absolute atomic E-state index is 12.9. The standard InChI is InChI=1S/C20H26O/c1-13-5-7-15(8-6-13)14(2)11-18(21)19-16-9-10-17(12-16)20(19,3)4/h5-10,14,16-17,19H,11-12H2,1-4H3/t14?,16-,17+,19-/m1/s1. The third-order valence-corrected chi connectivity index (χ3v) is 5.80. The van der Waals surface area contributed by atoms with E-state index in [1.165, 1.54) is 17.5 Å². The van der Waals surface area contributed by atoms with Crippen LogP contribution in [0.2, 0.25) is 0 Å². The first kappa shape index (κ1) is 14.6. The molecule has 0 amide bonds. The largest absolute Gasteiger partial charge is 0.299 e. The summed E-state index contributed by atoms with van der Waals surface area (Å²) in [7, 11) is 0. The second-order valence-electron chi connectivity index (χ2n) is 7.67. The van der Waals surface area contributed by atoms with E-state index in [4.69, 9.17) is 0 Å². The van der Waals surface area contributed by atoms with Crippen LogP contribution < -0.4 is 0 Å². The molecule has 2 aliphatic carbocycles. The van der Waals surface area contributed by atoms with Gasteiger partial charge in [0.2, 0.25) is 0 Å². The second-order valence-corrected chi connectivity index (χ2v) is 7.67. The normalized spacial score (nSPS) is 30.6. The van der Waals surface area contributed by atoms with Crippen LogP contribution in [0.1, 0.15) is 50.7 Å². The molecule has 4 atom stereocenters. The van der Waals surface area contributed by atoms with Gasteiger partial charge in [-0.2, -0.15) is 0 Å². The molecule has 0 saturated heterocycles. The van der Waals surface area contributed by atoms with E-state index in [-0.39, 0.29) is 11.3 Å². The minimum absolute atomic E-state index is 0.142. The number of fused-ring (bicyclic) bond motifs is 2. The third-order valence-electron chi connectivity index (χ3n) is 5.80. The first-order valence-corrected chi connectivity index (χ1v) is 8.17. The number of hydrogen-bond donors (Lipinski definition) is 0. The predicted molar refractivity (Wildman–Crippen MR) is 87.2 cm³/mol. The first-order valence-electron chi connectivity index (χ1n) is 8.17. The van der Waals surface area contributed by atoms with Gasteiger partial charge in [-0.15, -0.1) is 0 Å². The molecule has 3 rings (SSSR count). The molecule has 1 aromatic rings. The Morgan fingerprint density at radius 2 is 1.90 bits per heavy atom. The summed E-state index contributed by atoms with van der Waals surface area (Å²) in [6, 6.07) is 8.61. The Morgan fingerprint density at radius 3 is 2.48 bits per heavy atom. The Bertz CT molecular complexity index is 564. The predicted octanol–water partition coefficient (Wildman–Crippen LogP) is 4.91. The SMILES string of the molecule is Cc1ccc(C(C)CC(=O)[C@H]2[C@@H]3C=C[C@@H](C3)C2(C)C)cc1. The van der Waals surface area contributed by atoms with E-state index >= 15 is 0 Å². The molecule has 0 radical (unpaired) electrons. The molecule has 1 unspecified atom stereocenters. The fourth-order valence-corrected chi connectivity index (χ4v) is 4.40. The van der Waals surface area contributed by atoms with Crippen LogP contribution in [-0.4, -0.2) is 5.78 Å². The number of carbonyl (C=O) groups is 1. The smallest absolute Gasteiger partial charge is 0.137 e. The maximum Gasteiger partial charge on any atom is 0.137 e. The number of Topliss-reactive ketones (excluding diaryl/α,β-unsaturated/α-hetero) is 1. The van der Waals surface area contributed by atoms with Crippen molar-refractivity contribution in [3.8, 4) is 0 Å². The van der Waals surface area contributed by atoms with Gasteiger partial charge in [0, 0.05) is 12.3 Å². The number of hydrogen-bond acceptors (Lipinski definition) is 1. The molecule has 0 heterocycles. The van der Waals surface area contributed by atoms with Gasteiger partial charge in [-0.05, 0) is 42.1 Å². The molecule has 1 fully saturated rings. The fourth-order valence-electron chi connectivity index (χ4n) is 4.40. The lowest BCUT2D eigenvalue weighted by molar-refractivity contribution is -0.127. The lowest BCUT2D eigenvalue weighted by Crippen LogP contribution is -2.35. The van der Waals surface area contributed by atoms with E-state index in [0.717, 1.165) is 0 Å². The number of ketones is 1. The second kappa shape index (κ2) is 5.12. The molecule has 1 aromatic carbocycles. The summed E-state index contributed by atoms with van der Waals surface area (Å²) in [4.78, 5) is 12.9. The molecule has 0 spiro atoms. The van der Waals surface area contributed by atoms with Crippen molar-refractivity contribution in [1.29, 1.82) is 0 Å². The van der Waals surface area contributed by atoms with Crippen molar-refractivity contribution < 1.29 is 4.79 Å². The molecule has 21 heavy (non-hydrogen) atoms. The minimum atomic E-state index is 0.142. The molecule has 1 nitrogen and oxygen atoms in total. The van der Waals surface area contributed by atoms with Crippen LogP contribution in [0.5, 0.6) is 0 Å². The number of benzene rings is 1. The van der Waals surface area contributed by atoms with Crippen molar-refractivity contribution in [3.63, 3.8) is 0 Å². The van der Waals surface area contributed by atoms with Crippen LogP contribution in [0.4, 0.5) is 0 Å². The average molecular weight is 282 g/mol. The summed E-state index contributed by atoms with van der Waals surface area (Å²) < 4.78 is 0. The van der Waals surface area contributed by atoms with Crippen molar-refractivity contribution in [3.05, 3.63) is 47.5 Å².